The van der Waals surface area contributed by atoms with Crippen LogP contribution in [0.3, 0.4) is 0 Å². The van der Waals surface area contributed by atoms with E-state index in [1.54, 1.807) is 14.2 Å². The van der Waals surface area contributed by atoms with Gasteiger partial charge in [-0.2, -0.15) is 0 Å². The average molecular weight is 313 g/mol. The third kappa shape index (κ3) is 5.42. The minimum atomic E-state index is 0.0936. The zero-order valence-electron chi connectivity index (χ0n) is 13.7. The van der Waals surface area contributed by atoms with Crippen LogP contribution in [0.5, 0.6) is 5.75 Å². The summed E-state index contributed by atoms with van der Waals surface area (Å²) in [7, 11) is 3.28. The van der Waals surface area contributed by atoms with Crippen molar-refractivity contribution >= 4 is 5.91 Å². The van der Waals surface area contributed by atoms with Crippen molar-refractivity contribution < 1.29 is 14.3 Å². The van der Waals surface area contributed by atoms with Crippen LogP contribution in [-0.4, -0.2) is 38.2 Å². The maximum Gasteiger partial charge on any atom is 0.227 e. The molecule has 1 amide bonds. The number of benzene rings is 2. The lowest BCUT2D eigenvalue weighted by Gasteiger charge is -2.22. The smallest absolute Gasteiger partial charge is 0.227 e. The minimum Gasteiger partial charge on any atom is -0.497 e. The van der Waals surface area contributed by atoms with Crippen LogP contribution in [-0.2, 0) is 22.5 Å². The molecule has 0 radical (unpaired) electrons. The van der Waals surface area contributed by atoms with E-state index in [2.05, 4.69) is 0 Å². The molecule has 0 atom stereocenters. The van der Waals surface area contributed by atoms with Gasteiger partial charge in [-0.25, -0.2) is 0 Å². The molecule has 4 heteroatoms. The van der Waals surface area contributed by atoms with Crippen molar-refractivity contribution in [2.24, 2.45) is 0 Å². The lowest BCUT2D eigenvalue weighted by Crippen LogP contribution is -2.34. The van der Waals surface area contributed by atoms with E-state index in [9.17, 15) is 4.79 Å². The Labute approximate surface area is 137 Å². The lowest BCUT2D eigenvalue weighted by molar-refractivity contribution is -0.131. The Hall–Kier alpha value is -2.33. The zero-order valence-corrected chi connectivity index (χ0v) is 13.7. The molecule has 2 aromatic carbocycles. The first-order valence-corrected chi connectivity index (χ1v) is 7.66. The van der Waals surface area contributed by atoms with Crippen LogP contribution < -0.4 is 4.74 Å². The molecule has 0 spiro atoms. The SMILES string of the molecule is COCCN(Cc1ccccc1)C(=O)Cc1ccc(OC)cc1. The van der Waals surface area contributed by atoms with Gasteiger partial charge in [0.2, 0.25) is 5.91 Å². The van der Waals surface area contributed by atoms with Crippen LogP contribution in [0.4, 0.5) is 0 Å². The molecule has 0 saturated heterocycles. The van der Waals surface area contributed by atoms with Crippen molar-refractivity contribution in [2.45, 2.75) is 13.0 Å². The Morgan fingerprint density at radius 3 is 2.26 bits per heavy atom. The highest BCUT2D eigenvalue weighted by molar-refractivity contribution is 5.78. The van der Waals surface area contributed by atoms with Crippen molar-refractivity contribution in [1.82, 2.24) is 4.90 Å². The van der Waals surface area contributed by atoms with Crippen molar-refractivity contribution in [3.05, 3.63) is 65.7 Å². The molecule has 0 aromatic heterocycles. The van der Waals surface area contributed by atoms with E-state index in [0.717, 1.165) is 16.9 Å². The Bertz CT molecular complexity index is 596. The van der Waals surface area contributed by atoms with Gasteiger partial charge in [-0.05, 0) is 23.3 Å². The maximum absolute atomic E-state index is 12.6. The molecular weight excluding hydrogens is 290 g/mol. The molecule has 122 valence electrons. The highest BCUT2D eigenvalue weighted by Crippen LogP contribution is 2.13. The second kappa shape index (κ2) is 8.96. The molecule has 0 bridgehead atoms. The number of hydrogen-bond donors (Lipinski definition) is 0. The Morgan fingerprint density at radius 1 is 0.957 bits per heavy atom. The molecular formula is C19H23NO3. The molecule has 0 aliphatic heterocycles. The van der Waals surface area contributed by atoms with E-state index in [0.29, 0.717) is 26.1 Å². The summed E-state index contributed by atoms with van der Waals surface area (Å²) in [6.07, 6.45) is 0.376. The molecule has 23 heavy (non-hydrogen) atoms. The predicted molar refractivity (Wildman–Crippen MR) is 90.4 cm³/mol. The number of amides is 1. The van der Waals surface area contributed by atoms with Crippen LogP contribution in [0.15, 0.2) is 54.6 Å². The first kappa shape index (κ1) is 17.0. The summed E-state index contributed by atoms with van der Waals surface area (Å²) in [4.78, 5) is 14.5. The number of rotatable bonds is 8. The van der Waals surface area contributed by atoms with Crippen LogP contribution in [0.25, 0.3) is 0 Å². The van der Waals surface area contributed by atoms with Gasteiger partial charge >= 0.3 is 0 Å². The van der Waals surface area contributed by atoms with Gasteiger partial charge in [-0.3, -0.25) is 4.79 Å². The first-order valence-electron chi connectivity index (χ1n) is 7.66. The minimum absolute atomic E-state index is 0.0936. The van der Waals surface area contributed by atoms with Gasteiger partial charge in [0.1, 0.15) is 5.75 Å². The highest BCUT2D eigenvalue weighted by Gasteiger charge is 2.14. The zero-order chi connectivity index (χ0) is 16.5. The molecule has 2 aromatic rings. The Kier molecular flexibility index (Phi) is 6.63. The molecule has 0 heterocycles. The van der Waals surface area contributed by atoms with Gasteiger partial charge in [0.15, 0.2) is 0 Å². The molecule has 2 rings (SSSR count). The summed E-state index contributed by atoms with van der Waals surface area (Å²) in [5.41, 5.74) is 2.10. The highest BCUT2D eigenvalue weighted by atomic mass is 16.5. The molecule has 0 aliphatic carbocycles. The lowest BCUT2D eigenvalue weighted by atomic mass is 10.1. The van der Waals surface area contributed by atoms with Gasteiger partial charge in [0.25, 0.3) is 0 Å². The number of ether oxygens (including phenoxy) is 2. The molecule has 0 aliphatic rings. The normalized spacial score (nSPS) is 10.3. The van der Waals surface area contributed by atoms with E-state index < -0.39 is 0 Å². The predicted octanol–water partition coefficient (Wildman–Crippen LogP) is 2.91. The molecule has 0 N–H and O–H groups in total. The van der Waals surface area contributed by atoms with Crippen molar-refractivity contribution in [2.75, 3.05) is 27.4 Å². The van der Waals surface area contributed by atoms with Crippen molar-refractivity contribution in [3.63, 3.8) is 0 Å². The number of methoxy groups -OCH3 is 2. The number of nitrogens with zero attached hydrogens (tertiary/aromatic N) is 1. The average Bonchev–Trinajstić information content (AvgIpc) is 2.60. The topological polar surface area (TPSA) is 38.8 Å². The second-order valence-electron chi connectivity index (χ2n) is 5.32. The van der Waals surface area contributed by atoms with E-state index in [4.69, 9.17) is 9.47 Å². The third-order valence-corrected chi connectivity index (χ3v) is 3.65. The van der Waals surface area contributed by atoms with E-state index in [1.807, 2.05) is 59.5 Å². The molecule has 0 unspecified atom stereocenters. The monoisotopic (exact) mass is 313 g/mol. The fourth-order valence-electron chi connectivity index (χ4n) is 2.33. The van der Waals surface area contributed by atoms with Crippen molar-refractivity contribution in [3.8, 4) is 5.75 Å². The van der Waals surface area contributed by atoms with Gasteiger partial charge < -0.3 is 14.4 Å². The number of carbonyl (C=O) groups is 1. The largest absolute Gasteiger partial charge is 0.497 e. The van der Waals surface area contributed by atoms with Crippen LogP contribution in [0, 0.1) is 0 Å². The van der Waals surface area contributed by atoms with E-state index in [-0.39, 0.29) is 5.91 Å². The summed E-state index contributed by atoms with van der Waals surface area (Å²) in [5.74, 6) is 0.887. The summed E-state index contributed by atoms with van der Waals surface area (Å²) in [6, 6.07) is 17.6. The van der Waals surface area contributed by atoms with Gasteiger partial charge in [-0.1, -0.05) is 42.5 Å². The summed E-state index contributed by atoms with van der Waals surface area (Å²) in [6.45, 7) is 1.71. The maximum atomic E-state index is 12.6. The van der Waals surface area contributed by atoms with E-state index in [1.165, 1.54) is 0 Å². The van der Waals surface area contributed by atoms with Gasteiger partial charge in [-0.15, -0.1) is 0 Å². The van der Waals surface area contributed by atoms with E-state index >= 15 is 0 Å². The Morgan fingerprint density at radius 2 is 1.65 bits per heavy atom. The molecule has 0 saturated carbocycles. The standard InChI is InChI=1S/C19H23NO3/c1-22-13-12-20(15-17-6-4-3-5-7-17)19(21)14-16-8-10-18(23-2)11-9-16/h3-11H,12-15H2,1-2H3. The summed E-state index contributed by atoms with van der Waals surface area (Å²) in [5, 5.41) is 0. The van der Waals surface area contributed by atoms with Crippen LogP contribution in [0.2, 0.25) is 0 Å². The Balaban J connectivity index is 2.02. The van der Waals surface area contributed by atoms with Gasteiger partial charge in [0.05, 0.1) is 20.1 Å². The van der Waals surface area contributed by atoms with Crippen LogP contribution in [0.1, 0.15) is 11.1 Å². The third-order valence-electron chi connectivity index (χ3n) is 3.65. The number of hydrogen-bond acceptors (Lipinski definition) is 3. The number of carbonyl (C=O) groups excluding carboxylic acids is 1. The fraction of sp³-hybridized carbons (Fsp3) is 0.316. The quantitative estimate of drug-likeness (QED) is 0.752. The fourth-order valence-corrected chi connectivity index (χ4v) is 2.33. The summed E-state index contributed by atoms with van der Waals surface area (Å²) >= 11 is 0. The second-order valence-corrected chi connectivity index (χ2v) is 5.32. The van der Waals surface area contributed by atoms with Crippen molar-refractivity contribution in [1.29, 1.82) is 0 Å². The van der Waals surface area contributed by atoms with Crippen LogP contribution >= 0.6 is 0 Å². The van der Waals surface area contributed by atoms with Gasteiger partial charge in [0, 0.05) is 20.2 Å². The summed E-state index contributed by atoms with van der Waals surface area (Å²) < 4.78 is 10.3. The molecule has 4 nitrogen and oxygen atoms in total. The first-order chi connectivity index (χ1) is 11.2. The molecule has 0 fully saturated rings.